The van der Waals surface area contributed by atoms with Crippen molar-refractivity contribution >= 4 is 61.6 Å². The van der Waals surface area contributed by atoms with E-state index in [9.17, 15) is 8.42 Å². The Balaban J connectivity index is 1.73. The largest absolute Gasteiger partial charge is 0.355 e. The van der Waals surface area contributed by atoms with Crippen molar-refractivity contribution in [3.63, 3.8) is 0 Å². The normalized spacial score (nSPS) is 11.2. The molecular formula is C16H12Cl2N2O2S2. The zero-order chi connectivity index (χ0) is 17.2. The van der Waals surface area contributed by atoms with Crippen molar-refractivity contribution in [2.75, 3.05) is 10.0 Å². The zero-order valence-corrected chi connectivity index (χ0v) is 15.3. The van der Waals surface area contributed by atoms with E-state index in [2.05, 4.69) is 10.0 Å². The molecule has 3 aromatic rings. The number of hydrogen-bond acceptors (Lipinski definition) is 4. The van der Waals surface area contributed by atoms with Crippen LogP contribution in [0.3, 0.4) is 0 Å². The lowest BCUT2D eigenvalue weighted by atomic mass is 10.2. The van der Waals surface area contributed by atoms with Crippen LogP contribution in [0.5, 0.6) is 0 Å². The molecule has 2 aromatic carbocycles. The topological polar surface area (TPSA) is 58.2 Å². The summed E-state index contributed by atoms with van der Waals surface area (Å²) in [7, 11) is -3.62. The minimum Gasteiger partial charge on any atom is -0.355 e. The van der Waals surface area contributed by atoms with Crippen LogP contribution in [-0.4, -0.2) is 8.42 Å². The molecule has 0 radical (unpaired) electrons. The predicted octanol–water partition coefficient (Wildman–Crippen LogP) is 5.60. The van der Waals surface area contributed by atoms with E-state index in [1.807, 2.05) is 12.1 Å². The van der Waals surface area contributed by atoms with Gasteiger partial charge in [-0.2, -0.15) is 0 Å². The van der Waals surface area contributed by atoms with Crippen molar-refractivity contribution in [2.45, 2.75) is 4.21 Å². The van der Waals surface area contributed by atoms with Crippen molar-refractivity contribution in [1.82, 2.24) is 0 Å². The lowest BCUT2D eigenvalue weighted by Crippen LogP contribution is -2.11. The van der Waals surface area contributed by atoms with Gasteiger partial charge in [-0.1, -0.05) is 29.3 Å². The Hall–Kier alpha value is -1.73. The van der Waals surface area contributed by atoms with Crippen LogP contribution in [0.4, 0.5) is 17.1 Å². The summed E-state index contributed by atoms with van der Waals surface area (Å²) in [5.41, 5.74) is 2.14. The highest BCUT2D eigenvalue weighted by molar-refractivity contribution is 7.94. The van der Waals surface area contributed by atoms with Crippen LogP contribution >= 0.6 is 34.5 Å². The maximum atomic E-state index is 12.2. The van der Waals surface area contributed by atoms with Crippen molar-refractivity contribution in [3.8, 4) is 0 Å². The summed E-state index contributed by atoms with van der Waals surface area (Å²) >= 11 is 12.7. The van der Waals surface area contributed by atoms with E-state index in [0.717, 1.165) is 22.7 Å². The van der Waals surface area contributed by atoms with E-state index in [1.165, 1.54) is 6.07 Å². The summed E-state index contributed by atoms with van der Waals surface area (Å²) in [6.07, 6.45) is 0. The molecule has 0 atom stereocenters. The summed E-state index contributed by atoms with van der Waals surface area (Å²) in [6, 6.07) is 17.3. The number of nitrogens with one attached hydrogen (secondary N) is 2. The fraction of sp³-hybridized carbons (Fsp3) is 0. The maximum Gasteiger partial charge on any atom is 0.271 e. The first-order chi connectivity index (χ1) is 11.4. The summed E-state index contributed by atoms with van der Waals surface area (Å²) < 4.78 is 27.6. The molecule has 0 unspecified atom stereocenters. The highest BCUT2D eigenvalue weighted by Crippen LogP contribution is 2.28. The van der Waals surface area contributed by atoms with Crippen LogP contribution < -0.4 is 10.0 Å². The quantitative estimate of drug-likeness (QED) is 0.587. The van der Waals surface area contributed by atoms with Gasteiger partial charge in [0.15, 0.2) is 0 Å². The van der Waals surface area contributed by atoms with Crippen LogP contribution in [0.2, 0.25) is 9.36 Å². The van der Waals surface area contributed by atoms with E-state index in [0.29, 0.717) is 15.0 Å². The third kappa shape index (κ3) is 4.21. The summed E-state index contributed by atoms with van der Waals surface area (Å²) in [4.78, 5) is 0. The maximum absolute atomic E-state index is 12.2. The molecule has 8 heteroatoms. The number of halogens is 2. The van der Waals surface area contributed by atoms with Gasteiger partial charge in [-0.05, 0) is 54.6 Å². The van der Waals surface area contributed by atoms with E-state index in [4.69, 9.17) is 23.2 Å². The second-order valence-corrected chi connectivity index (χ2v) is 8.94. The lowest BCUT2D eigenvalue weighted by Gasteiger charge is -2.09. The molecule has 1 aromatic heterocycles. The van der Waals surface area contributed by atoms with Gasteiger partial charge in [-0.15, -0.1) is 11.3 Å². The predicted molar refractivity (Wildman–Crippen MR) is 101 cm³/mol. The molecule has 4 nitrogen and oxygen atoms in total. The molecule has 0 bridgehead atoms. The molecule has 0 spiro atoms. The van der Waals surface area contributed by atoms with E-state index in [-0.39, 0.29) is 4.21 Å². The smallest absolute Gasteiger partial charge is 0.271 e. The zero-order valence-electron chi connectivity index (χ0n) is 12.2. The number of sulfonamides is 1. The molecule has 3 rings (SSSR count). The Bertz CT molecular complexity index is 954. The lowest BCUT2D eigenvalue weighted by molar-refractivity contribution is 0.603. The first-order valence-electron chi connectivity index (χ1n) is 6.83. The summed E-state index contributed by atoms with van der Waals surface area (Å²) in [6.45, 7) is 0. The van der Waals surface area contributed by atoms with Crippen LogP contribution in [-0.2, 0) is 10.0 Å². The highest BCUT2D eigenvalue weighted by atomic mass is 35.5. The SMILES string of the molecule is O=S(=O)(Nc1ccc(Nc2cccc(Cl)c2)cc1)c1ccc(Cl)s1. The molecule has 0 saturated heterocycles. The molecule has 1 heterocycles. The molecular weight excluding hydrogens is 387 g/mol. The molecule has 2 N–H and O–H groups in total. The second-order valence-electron chi connectivity index (χ2n) is 4.88. The van der Waals surface area contributed by atoms with Crippen molar-refractivity contribution in [2.24, 2.45) is 0 Å². The molecule has 24 heavy (non-hydrogen) atoms. The van der Waals surface area contributed by atoms with Gasteiger partial charge in [-0.25, -0.2) is 8.42 Å². The van der Waals surface area contributed by atoms with Gasteiger partial charge in [0.1, 0.15) is 4.21 Å². The molecule has 0 aliphatic rings. The Morgan fingerprint density at radius 2 is 1.54 bits per heavy atom. The van der Waals surface area contributed by atoms with Gasteiger partial charge < -0.3 is 5.32 Å². The number of benzene rings is 2. The summed E-state index contributed by atoms with van der Waals surface area (Å²) in [5.74, 6) is 0. The molecule has 124 valence electrons. The minimum absolute atomic E-state index is 0.175. The number of rotatable bonds is 5. The Morgan fingerprint density at radius 1 is 0.833 bits per heavy atom. The fourth-order valence-electron chi connectivity index (χ4n) is 2.00. The van der Waals surface area contributed by atoms with Gasteiger partial charge in [0, 0.05) is 22.1 Å². The van der Waals surface area contributed by atoms with Gasteiger partial charge in [0.2, 0.25) is 0 Å². The average Bonchev–Trinajstić information content (AvgIpc) is 2.97. The molecule has 0 aliphatic carbocycles. The van der Waals surface area contributed by atoms with Gasteiger partial charge in [0.25, 0.3) is 10.0 Å². The molecule has 0 amide bonds. The van der Waals surface area contributed by atoms with E-state index < -0.39 is 10.0 Å². The standard InChI is InChI=1S/C16H12Cl2N2O2S2/c17-11-2-1-3-14(10-11)19-12-4-6-13(7-5-12)20-24(21,22)16-9-8-15(18)23-16/h1-10,19-20H. The average molecular weight is 399 g/mol. The first kappa shape index (κ1) is 17.1. The number of anilines is 3. The Morgan fingerprint density at radius 3 is 2.17 bits per heavy atom. The Labute approximate surface area is 154 Å². The van der Waals surface area contributed by atoms with E-state index >= 15 is 0 Å². The fourth-order valence-corrected chi connectivity index (χ4v) is 4.73. The van der Waals surface area contributed by atoms with Crippen LogP contribution in [0.15, 0.2) is 64.9 Å². The van der Waals surface area contributed by atoms with Gasteiger partial charge >= 0.3 is 0 Å². The molecule has 0 fully saturated rings. The molecule has 0 aliphatic heterocycles. The van der Waals surface area contributed by atoms with E-state index in [1.54, 1.807) is 42.5 Å². The first-order valence-corrected chi connectivity index (χ1v) is 9.89. The highest BCUT2D eigenvalue weighted by Gasteiger charge is 2.16. The monoisotopic (exact) mass is 398 g/mol. The second kappa shape index (κ2) is 7.03. The van der Waals surface area contributed by atoms with Crippen molar-refractivity contribution in [1.29, 1.82) is 0 Å². The van der Waals surface area contributed by atoms with Crippen molar-refractivity contribution in [3.05, 3.63) is 70.0 Å². The Kier molecular flexibility index (Phi) is 5.01. The van der Waals surface area contributed by atoms with Gasteiger partial charge in [0.05, 0.1) is 4.34 Å². The van der Waals surface area contributed by atoms with Gasteiger partial charge in [-0.3, -0.25) is 4.72 Å². The molecule has 0 saturated carbocycles. The summed E-state index contributed by atoms with van der Waals surface area (Å²) in [5, 5.41) is 3.83. The number of hydrogen-bond donors (Lipinski definition) is 2. The van der Waals surface area contributed by atoms with Crippen molar-refractivity contribution < 1.29 is 8.42 Å². The van der Waals surface area contributed by atoms with Crippen LogP contribution in [0, 0.1) is 0 Å². The minimum atomic E-state index is -3.62. The third-order valence-corrected chi connectivity index (χ3v) is 6.40. The number of thiophene rings is 1. The van der Waals surface area contributed by atoms with Crippen LogP contribution in [0.1, 0.15) is 0 Å². The van der Waals surface area contributed by atoms with Crippen LogP contribution in [0.25, 0.3) is 0 Å². The third-order valence-electron chi connectivity index (χ3n) is 3.06.